The zero-order chi connectivity index (χ0) is 17.8. The van der Waals surface area contributed by atoms with Gasteiger partial charge in [-0.05, 0) is 42.8 Å². The van der Waals surface area contributed by atoms with E-state index in [1.165, 1.54) is 18.2 Å². The van der Waals surface area contributed by atoms with Crippen molar-refractivity contribution in [2.75, 3.05) is 13.7 Å². The molecule has 0 aliphatic carbocycles. The van der Waals surface area contributed by atoms with Crippen molar-refractivity contribution in [2.24, 2.45) is 0 Å². The van der Waals surface area contributed by atoms with E-state index in [0.717, 1.165) is 5.39 Å². The van der Waals surface area contributed by atoms with E-state index < -0.39 is 11.7 Å². The number of hydrogen-bond donors (Lipinski definition) is 2. The van der Waals surface area contributed by atoms with E-state index in [1.807, 2.05) is 6.07 Å². The van der Waals surface area contributed by atoms with Gasteiger partial charge in [0.1, 0.15) is 11.6 Å². The molecule has 0 atom stereocenters. The number of ether oxygens (including phenoxy) is 1. The molecule has 0 aliphatic rings. The molecule has 1 amide bonds. The first-order valence-corrected chi connectivity index (χ1v) is 7.81. The fourth-order valence-corrected chi connectivity index (χ4v) is 2.59. The number of amides is 1. The molecule has 128 valence electrons. The zero-order valence-electron chi connectivity index (χ0n) is 13.6. The lowest BCUT2D eigenvalue weighted by Crippen LogP contribution is -2.28. The maximum atomic E-state index is 13.6. The van der Waals surface area contributed by atoms with Gasteiger partial charge >= 0.3 is 0 Å². The minimum Gasteiger partial charge on any atom is -0.497 e. The van der Waals surface area contributed by atoms with Crippen LogP contribution in [0.1, 0.15) is 15.9 Å². The summed E-state index contributed by atoms with van der Waals surface area (Å²) in [4.78, 5) is 26.9. The Labute approximate surface area is 143 Å². The van der Waals surface area contributed by atoms with Gasteiger partial charge in [0.25, 0.3) is 11.5 Å². The predicted octanol–water partition coefficient (Wildman–Crippen LogP) is 2.65. The first kappa shape index (κ1) is 16.7. The number of benzene rings is 2. The van der Waals surface area contributed by atoms with Crippen molar-refractivity contribution >= 4 is 16.8 Å². The van der Waals surface area contributed by atoms with Crippen LogP contribution in [0.5, 0.6) is 5.75 Å². The molecule has 5 nitrogen and oxygen atoms in total. The van der Waals surface area contributed by atoms with Gasteiger partial charge in [-0.1, -0.05) is 12.1 Å². The minimum absolute atomic E-state index is 0.0142. The van der Waals surface area contributed by atoms with Crippen molar-refractivity contribution in [3.8, 4) is 5.75 Å². The third-order valence-corrected chi connectivity index (χ3v) is 3.93. The smallest absolute Gasteiger partial charge is 0.254 e. The van der Waals surface area contributed by atoms with Crippen molar-refractivity contribution in [3.05, 3.63) is 75.8 Å². The molecule has 0 saturated heterocycles. The number of pyridine rings is 1. The van der Waals surface area contributed by atoms with Gasteiger partial charge < -0.3 is 15.0 Å². The van der Waals surface area contributed by atoms with Gasteiger partial charge in [0.15, 0.2) is 0 Å². The standard InChI is InChI=1S/C19H17FN2O3/c1-25-14-6-7-17-13(11-14)10-12(18(23)22-17)8-9-21-19(24)15-4-2-3-5-16(15)20/h2-7,10-11H,8-9H2,1H3,(H,21,24)(H,22,23). The van der Waals surface area contributed by atoms with Crippen LogP contribution in [0.25, 0.3) is 10.9 Å². The highest BCUT2D eigenvalue weighted by Gasteiger charge is 2.10. The number of rotatable bonds is 5. The lowest BCUT2D eigenvalue weighted by molar-refractivity contribution is 0.0950. The second-order valence-corrected chi connectivity index (χ2v) is 5.56. The summed E-state index contributed by atoms with van der Waals surface area (Å²) in [6.07, 6.45) is 0.336. The van der Waals surface area contributed by atoms with Crippen molar-refractivity contribution < 1.29 is 13.9 Å². The van der Waals surface area contributed by atoms with E-state index >= 15 is 0 Å². The summed E-state index contributed by atoms with van der Waals surface area (Å²) >= 11 is 0. The van der Waals surface area contributed by atoms with Gasteiger partial charge in [-0.2, -0.15) is 0 Å². The van der Waals surface area contributed by atoms with E-state index in [9.17, 15) is 14.0 Å². The molecule has 0 spiro atoms. The fraction of sp³-hybridized carbons (Fsp3) is 0.158. The largest absolute Gasteiger partial charge is 0.497 e. The van der Waals surface area contributed by atoms with Crippen LogP contribution in [0.2, 0.25) is 0 Å². The first-order chi connectivity index (χ1) is 12.1. The molecular formula is C19H17FN2O3. The summed E-state index contributed by atoms with van der Waals surface area (Å²) in [7, 11) is 1.58. The average Bonchev–Trinajstić information content (AvgIpc) is 2.62. The molecule has 0 aliphatic heterocycles. The lowest BCUT2D eigenvalue weighted by atomic mass is 10.1. The number of carbonyl (C=O) groups is 1. The van der Waals surface area contributed by atoms with Gasteiger partial charge in [0, 0.05) is 23.0 Å². The van der Waals surface area contributed by atoms with Crippen molar-refractivity contribution in [2.45, 2.75) is 6.42 Å². The van der Waals surface area contributed by atoms with Crippen LogP contribution in [0.4, 0.5) is 4.39 Å². The van der Waals surface area contributed by atoms with Crippen LogP contribution < -0.4 is 15.6 Å². The molecule has 1 heterocycles. The monoisotopic (exact) mass is 340 g/mol. The van der Waals surface area contributed by atoms with Gasteiger partial charge in [-0.15, -0.1) is 0 Å². The third-order valence-electron chi connectivity index (χ3n) is 3.93. The summed E-state index contributed by atoms with van der Waals surface area (Å²) < 4.78 is 18.8. The highest BCUT2D eigenvalue weighted by molar-refractivity contribution is 5.94. The van der Waals surface area contributed by atoms with Crippen molar-refractivity contribution in [1.82, 2.24) is 10.3 Å². The zero-order valence-corrected chi connectivity index (χ0v) is 13.6. The summed E-state index contributed by atoms with van der Waals surface area (Å²) in [5.74, 6) is -0.383. The van der Waals surface area contributed by atoms with Crippen LogP contribution in [-0.2, 0) is 6.42 Å². The topological polar surface area (TPSA) is 71.2 Å². The van der Waals surface area contributed by atoms with Gasteiger partial charge in [-0.25, -0.2) is 4.39 Å². The van der Waals surface area contributed by atoms with E-state index in [4.69, 9.17) is 4.74 Å². The molecule has 2 N–H and O–H groups in total. The Morgan fingerprint density at radius 3 is 2.76 bits per heavy atom. The minimum atomic E-state index is -0.573. The summed E-state index contributed by atoms with van der Waals surface area (Å²) in [6, 6.07) is 12.9. The molecule has 3 aromatic rings. The van der Waals surface area contributed by atoms with Gasteiger partial charge in [-0.3, -0.25) is 9.59 Å². The number of hydrogen-bond acceptors (Lipinski definition) is 3. The number of fused-ring (bicyclic) bond motifs is 1. The van der Waals surface area contributed by atoms with Gasteiger partial charge in [0.2, 0.25) is 0 Å². The fourth-order valence-electron chi connectivity index (χ4n) is 2.59. The number of nitrogens with one attached hydrogen (secondary N) is 2. The molecule has 25 heavy (non-hydrogen) atoms. The van der Waals surface area contributed by atoms with Gasteiger partial charge in [0.05, 0.1) is 12.7 Å². The maximum Gasteiger partial charge on any atom is 0.254 e. The Hall–Kier alpha value is -3.15. The quantitative estimate of drug-likeness (QED) is 0.750. The highest BCUT2D eigenvalue weighted by atomic mass is 19.1. The second kappa shape index (κ2) is 7.17. The van der Waals surface area contributed by atoms with Crippen LogP contribution in [0.15, 0.2) is 53.3 Å². The molecule has 2 aromatic carbocycles. The molecule has 0 unspecified atom stereocenters. The van der Waals surface area contributed by atoms with E-state index in [-0.39, 0.29) is 17.7 Å². The summed E-state index contributed by atoms with van der Waals surface area (Å²) in [6.45, 7) is 0.228. The van der Waals surface area contributed by atoms with Crippen LogP contribution in [-0.4, -0.2) is 24.5 Å². The molecule has 6 heteroatoms. The molecule has 0 bridgehead atoms. The third kappa shape index (κ3) is 3.68. The van der Waals surface area contributed by atoms with E-state index in [0.29, 0.717) is 23.3 Å². The molecule has 0 fully saturated rings. The van der Waals surface area contributed by atoms with Crippen molar-refractivity contribution in [1.29, 1.82) is 0 Å². The summed E-state index contributed by atoms with van der Waals surface area (Å²) in [5.41, 5.74) is 1.02. The summed E-state index contributed by atoms with van der Waals surface area (Å²) in [5, 5.41) is 3.47. The van der Waals surface area contributed by atoms with Crippen molar-refractivity contribution in [3.63, 3.8) is 0 Å². The molecule has 0 radical (unpaired) electrons. The molecular weight excluding hydrogens is 323 g/mol. The van der Waals surface area contributed by atoms with Crippen LogP contribution >= 0.6 is 0 Å². The Morgan fingerprint density at radius 2 is 2.00 bits per heavy atom. The molecule has 1 aromatic heterocycles. The van der Waals surface area contributed by atoms with E-state index in [1.54, 1.807) is 31.4 Å². The predicted molar refractivity (Wildman–Crippen MR) is 93.6 cm³/mol. The number of methoxy groups -OCH3 is 1. The number of H-pyrrole nitrogens is 1. The average molecular weight is 340 g/mol. The number of carbonyl (C=O) groups excluding carboxylic acids is 1. The van der Waals surface area contributed by atoms with Crippen LogP contribution in [0, 0.1) is 5.82 Å². The van der Waals surface area contributed by atoms with E-state index in [2.05, 4.69) is 10.3 Å². The Kier molecular flexibility index (Phi) is 4.79. The number of halogens is 1. The first-order valence-electron chi connectivity index (χ1n) is 7.81. The number of aromatic nitrogens is 1. The maximum absolute atomic E-state index is 13.6. The highest BCUT2D eigenvalue weighted by Crippen LogP contribution is 2.18. The lowest BCUT2D eigenvalue weighted by Gasteiger charge is -2.07. The molecule has 0 saturated carbocycles. The molecule has 3 rings (SSSR count). The Morgan fingerprint density at radius 1 is 1.20 bits per heavy atom. The Bertz CT molecular complexity index is 982. The number of aromatic amines is 1. The second-order valence-electron chi connectivity index (χ2n) is 5.56. The van der Waals surface area contributed by atoms with Crippen LogP contribution in [0.3, 0.4) is 0 Å². The normalized spacial score (nSPS) is 10.6. The Balaban J connectivity index is 1.72. The SMILES string of the molecule is COc1ccc2[nH]c(=O)c(CCNC(=O)c3ccccc3F)cc2c1.